The first-order chi connectivity index (χ1) is 18.8. The van der Waals surface area contributed by atoms with E-state index in [1.54, 1.807) is 18.2 Å². The summed E-state index contributed by atoms with van der Waals surface area (Å²) in [6.07, 6.45) is 0.682. The highest BCUT2D eigenvalue weighted by atomic mass is 19.1. The lowest BCUT2D eigenvalue weighted by Crippen LogP contribution is -2.42. The Kier molecular flexibility index (Phi) is 7.45. The van der Waals surface area contributed by atoms with Gasteiger partial charge in [0.25, 0.3) is 5.91 Å². The topological polar surface area (TPSA) is 71.8 Å². The van der Waals surface area contributed by atoms with Gasteiger partial charge in [-0.3, -0.25) is 9.59 Å². The zero-order valence-electron chi connectivity index (χ0n) is 21.6. The third-order valence-electron chi connectivity index (χ3n) is 6.64. The second-order valence-corrected chi connectivity index (χ2v) is 9.77. The molecule has 0 fully saturated rings. The molecule has 0 bridgehead atoms. The lowest BCUT2D eigenvalue weighted by Gasteiger charge is -2.39. The Morgan fingerprint density at radius 1 is 1.00 bits per heavy atom. The molecule has 0 radical (unpaired) electrons. The average Bonchev–Trinajstić information content (AvgIpc) is 3.40. The van der Waals surface area contributed by atoms with Crippen LogP contribution in [0.15, 0.2) is 83.3 Å². The summed E-state index contributed by atoms with van der Waals surface area (Å²) in [4.78, 5) is 27.4. The number of carbonyl (C=O) groups excluding carboxylic acids is 2. The fourth-order valence-corrected chi connectivity index (χ4v) is 4.78. The van der Waals surface area contributed by atoms with Crippen molar-refractivity contribution in [1.82, 2.24) is 4.90 Å². The van der Waals surface area contributed by atoms with Gasteiger partial charge in [-0.15, -0.1) is 0 Å². The lowest BCUT2D eigenvalue weighted by molar-refractivity contribution is -0.136. The van der Waals surface area contributed by atoms with Crippen molar-refractivity contribution in [3.63, 3.8) is 0 Å². The van der Waals surface area contributed by atoms with Gasteiger partial charge in [0.15, 0.2) is 5.76 Å². The van der Waals surface area contributed by atoms with Crippen molar-refractivity contribution in [2.24, 2.45) is 5.92 Å². The third kappa shape index (κ3) is 5.85. The zero-order chi connectivity index (χ0) is 27.5. The van der Waals surface area contributed by atoms with Crippen molar-refractivity contribution in [3.05, 3.63) is 119 Å². The number of fused-ring (bicyclic) bond motifs is 1. The van der Waals surface area contributed by atoms with Gasteiger partial charge >= 0.3 is 0 Å². The molecular weight excluding hydrogens is 502 g/mol. The molecule has 0 saturated heterocycles. The molecule has 0 aliphatic carbocycles. The molecule has 8 heteroatoms. The highest BCUT2D eigenvalue weighted by molar-refractivity contribution is 6.02. The summed E-state index contributed by atoms with van der Waals surface area (Å²) in [6, 6.07) is 20.3. The predicted molar refractivity (Wildman–Crippen MR) is 142 cm³/mol. The molecule has 0 spiro atoms. The summed E-state index contributed by atoms with van der Waals surface area (Å²) in [7, 11) is 0. The number of benzene rings is 3. The Bertz CT molecular complexity index is 1510. The molecule has 2 amide bonds. The first kappa shape index (κ1) is 26.2. The fourth-order valence-electron chi connectivity index (χ4n) is 4.78. The number of rotatable bonds is 7. The van der Waals surface area contributed by atoms with Gasteiger partial charge in [-0.2, -0.15) is 0 Å². The van der Waals surface area contributed by atoms with E-state index in [0.29, 0.717) is 35.7 Å². The minimum absolute atomic E-state index is 0.000801. The van der Waals surface area contributed by atoms with Crippen molar-refractivity contribution in [3.8, 4) is 5.75 Å². The normalized spacial score (nSPS) is 14.7. The second kappa shape index (κ2) is 11.1. The number of carbonyl (C=O) groups is 2. The Hall–Kier alpha value is -4.46. The number of furan rings is 1. The lowest BCUT2D eigenvalue weighted by atomic mass is 9.87. The molecule has 1 atom stereocenters. The van der Waals surface area contributed by atoms with Gasteiger partial charge in [-0.1, -0.05) is 38.1 Å². The summed E-state index contributed by atoms with van der Waals surface area (Å²) in [5, 5.41) is 2.59. The van der Waals surface area contributed by atoms with E-state index in [0.717, 1.165) is 11.1 Å². The number of amides is 2. The Balaban J connectivity index is 1.34. The van der Waals surface area contributed by atoms with Gasteiger partial charge in [0.2, 0.25) is 5.91 Å². The summed E-state index contributed by atoms with van der Waals surface area (Å²) in [5.74, 6) is -0.478. The van der Waals surface area contributed by atoms with Crippen LogP contribution in [0.5, 0.6) is 5.75 Å². The average molecular weight is 531 g/mol. The molecular formula is C31H28F2N2O4. The van der Waals surface area contributed by atoms with Crippen molar-refractivity contribution in [2.45, 2.75) is 32.9 Å². The van der Waals surface area contributed by atoms with Gasteiger partial charge in [-0.25, -0.2) is 8.78 Å². The quantitative estimate of drug-likeness (QED) is 0.295. The van der Waals surface area contributed by atoms with Gasteiger partial charge in [0, 0.05) is 18.2 Å². The first-order valence-corrected chi connectivity index (χ1v) is 12.8. The maximum absolute atomic E-state index is 14.2. The number of anilines is 1. The monoisotopic (exact) mass is 530 g/mol. The van der Waals surface area contributed by atoms with Crippen molar-refractivity contribution in [1.29, 1.82) is 0 Å². The van der Waals surface area contributed by atoms with Crippen molar-refractivity contribution in [2.75, 3.05) is 11.9 Å². The van der Waals surface area contributed by atoms with Gasteiger partial charge in [-0.05, 0) is 77.7 Å². The molecule has 39 heavy (non-hydrogen) atoms. The van der Waals surface area contributed by atoms with Gasteiger partial charge < -0.3 is 19.4 Å². The smallest absolute Gasteiger partial charge is 0.291 e. The van der Waals surface area contributed by atoms with Crippen LogP contribution in [0.3, 0.4) is 0 Å². The molecule has 6 nitrogen and oxygen atoms in total. The summed E-state index contributed by atoms with van der Waals surface area (Å²) < 4.78 is 39.2. The summed E-state index contributed by atoms with van der Waals surface area (Å²) in [6.45, 7) is 4.32. The fraction of sp³-hybridized carbons (Fsp3) is 0.226. The number of hydrogen-bond donors (Lipinski definition) is 1. The third-order valence-corrected chi connectivity index (χ3v) is 6.64. The van der Waals surface area contributed by atoms with Gasteiger partial charge in [0.05, 0.1) is 6.04 Å². The van der Waals surface area contributed by atoms with E-state index in [4.69, 9.17) is 9.15 Å². The molecule has 5 rings (SSSR count). The van der Waals surface area contributed by atoms with Crippen LogP contribution in [0.1, 0.15) is 52.9 Å². The largest absolute Gasteiger partial charge is 0.486 e. The van der Waals surface area contributed by atoms with Crippen LogP contribution in [-0.2, 0) is 17.8 Å². The highest BCUT2D eigenvalue weighted by Gasteiger charge is 2.33. The van der Waals surface area contributed by atoms with Crippen LogP contribution < -0.4 is 10.1 Å². The number of halogens is 2. The number of nitrogens with zero attached hydrogens (tertiary/aromatic N) is 1. The predicted octanol–water partition coefficient (Wildman–Crippen LogP) is 6.52. The van der Waals surface area contributed by atoms with Crippen LogP contribution in [0, 0.1) is 17.6 Å². The minimum atomic E-state index is -0.506. The molecule has 1 N–H and O–H groups in total. The van der Waals surface area contributed by atoms with Gasteiger partial charge in [0.1, 0.15) is 29.8 Å². The van der Waals surface area contributed by atoms with E-state index in [1.807, 2.05) is 43.0 Å². The molecule has 2 heterocycles. The molecule has 4 aromatic rings. The highest BCUT2D eigenvalue weighted by Crippen LogP contribution is 2.38. The van der Waals surface area contributed by atoms with E-state index in [9.17, 15) is 18.4 Å². The minimum Gasteiger partial charge on any atom is -0.486 e. The molecule has 0 saturated carbocycles. The number of nitrogens with one attached hydrogen (secondary N) is 1. The van der Waals surface area contributed by atoms with E-state index in [2.05, 4.69) is 5.32 Å². The van der Waals surface area contributed by atoms with Crippen LogP contribution >= 0.6 is 0 Å². The second-order valence-electron chi connectivity index (χ2n) is 9.77. The van der Waals surface area contributed by atoms with E-state index in [-0.39, 0.29) is 30.0 Å². The summed E-state index contributed by atoms with van der Waals surface area (Å²) >= 11 is 0. The number of hydrogen-bond acceptors (Lipinski definition) is 4. The Labute approximate surface area is 225 Å². The first-order valence-electron chi connectivity index (χ1n) is 12.8. The Morgan fingerprint density at radius 2 is 1.77 bits per heavy atom. The van der Waals surface area contributed by atoms with Crippen LogP contribution in [0.25, 0.3) is 0 Å². The summed E-state index contributed by atoms with van der Waals surface area (Å²) in [5.41, 5.74) is 2.97. The van der Waals surface area contributed by atoms with E-state index in [1.165, 1.54) is 36.4 Å². The van der Waals surface area contributed by atoms with Crippen LogP contribution in [0.2, 0.25) is 0 Å². The molecule has 200 valence electrons. The SMILES string of the molecule is CC(C)C(=O)N1CCc2ccc(OCc3ccc(C(=O)Nc4cccc(F)c4)o3)cc2C1c1cccc(F)c1. The molecule has 1 aliphatic heterocycles. The molecule has 1 unspecified atom stereocenters. The maximum atomic E-state index is 14.2. The van der Waals surface area contributed by atoms with Crippen LogP contribution in [0.4, 0.5) is 14.5 Å². The molecule has 3 aromatic carbocycles. The van der Waals surface area contributed by atoms with Crippen molar-refractivity contribution < 1.29 is 27.5 Å². The van der Waals surface area contributed by atoms with Crippen LogP contribution in [-0.4, -0.2) is 23.3 Å². The molecule has 1 aliphatic rings. The standard InChI is InChI=1S/C31H28F2N2O4/c1-19(2)31(37)35-14-13-20-9-10-25(17-27(20)29(35)21-5-3-6-22(32)15-21)38-18-26-11-12-28(39-26)30(36)34-24-8-4-7-23(33)16-24/h3-12,15-17,19,29H,13-14,18H2,1-2H3,(H,34,36). The Morgan fingerprint density at radius 3 is 2.51 bits per heavy atom. The number of ether oxygens (including phenoxy) is 1. The zero-order valence-corrected chi connectivity index (χ0v) is 21.6. The van der Waals surface area contributed by atoms with E-state index >= 15 is 0 Å². The van der Waals surface area contributed by atoms with E-state index < -0.39 is 17.8 Å². The molecule has 1 aromatic heterocycles. The van der Waals surface area contributed by atoms with Crippen molar-refractivity contribution >= 4 is 17.5 Å². The maximum Gasteiger partial charge on any atom is 0.291 e.